The minimum absolute atomic E-state index is 0.0521. The van der Waals surface area contributed by atoms with E-state index in [0.717, 1.165) is 7.11 Å². The predicted octanol–water partition coefficient (Wildman–Crippen LogP) is -1.32. The van der Waals surface area contributed by atoms with Gasteiger partial charge in [-0.05, 0) is 78.0 Å². The second-order valence-corrected chi connectivity index (χ2v) is 21.4. The van der Waals surface area contributed by atoms with Gasteiger partial charge < -0.3 is 113 Å². The lowest BCUT2D eigenvalue weighted by Gasteiger charge is -2.46. The Morgan fingerprint density at radius 3 is 1.80 bits per heavy atom. The molecule has 2 aromatic rings. The molecule has 12 N–H and O–H groups in total. The summed E-state index contributed by atoms with van der Waals surface area (Å²) in [5.74, 6) is -4.39. The molecule has 0 aromatic heterocycles. The zero-order valence-corrected chi connectivity index (χ0v) is 43.4. The molecule has 1 aliphatic carbocycles. The van der Waals surface area contributed by atoms with Crippen molar-refractivity contribution in [2.75, 3.05) is 7.11 Å². The number of methoxy groups -OCH3 is 1. The number of rotatable bonds is 15. The minimum atomic E-state index is -1.99. The van der Waals surface area contributed by atoms with E-state index in [-0.39, 0.29) is 65.3 Å². The highest BCUT2D eigenvalue weighted by Gasteiger charge is 2.52. The zero-order valence-electron chi connectivity index (χ0n) is 43.4. The number of aliphatic hydroxyl groups excluding tert-OH is 9. The number of phenolic OH excluding ortho intramolecular Hbond substituents is 2. The molecule has 5 aliphatic heterocycles. The van der Waals surface area contributed by atoms with Gasteiger partial charge in [-0.2, -0.15) is 0 Å². The van der Waals surface area contributed by atoms with Crippen LogP contribution in [0.2, 0.25) is 0 Å². The number of carbonyl (C=O) groups is 2. The van der Waals surface area contributed by atoms with Crippen LogP contribution < -0.4 is 4.74 Å². The summed E-state index contributed by atoms with van der Waals surface area (Å²) in [6.45, 7) is 10.4. The van der Waals surface area contributed by atoms with Gasteiger partial charge >= 0.3 is 0 Å². The van der Waals surface area contributed by atoms with Gasteiger partial charge in [0.1, 0.15) is 66.1 Å². The van der Waals surface area contributed by atoms with E-state index in [1.54, 1.807) is 27.7 Å². The number of Topliss-reactive ketones (excluding diaryl/α,β-unsaturated/α-hetero) is 2. The first-order valence-electron chi connectivity index (χ1n) is 25.7. The van der Waals surface area contributed by atoms with Gasteiger partial charge in [0.05, 0.1) is 71.5 Å². The van der Waals surface area contributed by atoms with E-state index in [4.69, 9.17) is 52.1 Å². The van der Waals surface area contributed by atoms with Crippen LogP contribution in [0.5, 0.6) is 17.2 Å². The van der Waals surface area contributed by atoms with Crippen LogP contribution in [0.25, 0.3) is 10.8 Å². The lowest BCUT2D eigenvalue weighted by atomic mass is 9.75. The molecule has 15 unspecified atom stereocenters. The third kappa shape index (κ3) is 11.9. The smallest absolute Gasteiger partial charge is 0.202 e. The highest BCUT2D eigenvalue weighted by Crippen LogP contribution is 2.47. The number of aliphatic hydroxyl groups is 10. The molecular weight excluding hydrogens is 1010 g/mol. The molecule has 6 aliphatic rings. The molecule has 25 nitrogen and oxygen atoms in total. The van der Waals surface area contributed by atoms with Crippen molar-refractivity contribution in [1.29, 1.82) is 0 Å². The Hall–Kier alpha value is -3.36. The molecule has 5 fully saturated rings. The number of ketones is 2. The summed E-state index contributed by atoms with van der Waals surface area (Å²) in [5.41, 5.74) is -1.64. The first kappa shape index (κ1) is 58.8. The summed E-state index contributed by atoms with van der Waals surface area (Å²) in [7, 11) is 1.14. The fraction of sp³-hybridized carbons (Fsp3) is 0.765. The third-order valence-electron chi connectivity index (χ3n) is 15.6. The van der Waals surface area contributed by atoms with Crippen LogP contribution in [-0.2, 0) is 58.6 Å². The van der Waals surface area contributed by atoms with Crippen LogP contribution in [0.1, 0.15) is 95.1 Å². The quantitative estimate of drug-likeness (QED) is 0.0984. The normalized spacial score (nSPS) is 42.5. The molecule has 428 valence electrons. The van der Waals surface area contributed by atoms with Crippen LogP contribution in [0.3, 0.4) is 0 Å². The number of carbonyl (C=O) groups excluding carboxylic acids is 2. The molecule has 76 heavy (non-hydrogen) atoms. The summed E-state index contributed by atoms with van der Waals surface area (Å²) in [6, 6.07) is 2.96. The fourth-order valence-corrected chi connectivity index (χ4v) is 11.1. The number of hydrogen-bond acceptors (Lipinski definition) is 25. The van der Waals surface area contributed by atoms with Crippen LogP contribution in [0, 0.1) is 12.8 Å². The fourth-order valence-electron chi connectivity index (χ4n) is 11.1. The van der Waals surface area contributed by atoms with Crippen molar-refractivity contribution in [3.63, 3.8) is 0 Å². The molecule has 0 spiro atoms. The van der Waals surface area contributed by atoms with Gasteiger partial charge in [0, 0.05) is 50.7 Å². The van der Waals surface area contributed by atoms with E-state index in [0.29, 0.717) is 0 Å². The van der Waals surface area contributed by atoms with Crippen molar-refractivity contribution in [2.24, 2.45) is 5.92 Å². The van der Waals surface area contributed by atoms with Crippen LogP contribution in [0.4, 0.5) is 0 Å². The molecule has 25 atom stereocenters. The van der Waals surface area contributed by atoms with E-state index in [1.165, 1.54) is 32.9 Å². The van der Waals surface area contributed by atoms with E-state index in [1.807, 2.05) is 0 Å². The van der Waals surface area contributed by atoms with Gasteiger partial charge in [-0.25, -0.2) is 0 Å². The highest BCUT2D eigenvalue weighted by atomic mass is 16.8. The highest BCUT2D eigenvalue weighted by molar-refractivity contribution is 6.11. The van der Waals surface area contributed by atoms with E-state index in [2.05, 4.69) is 0 Å². The van der Waals surface area contributed by atoms with Crippen molar-refractivity contribution in [2.45, 2.75) is 234 Å². The Morgan fingerprint density at radius 2 is 1.22 bits per heavy atom. The van der Waals surface area contributed by atoms with Crippen molar-refractivity contribution in [3.05, 3.63) is 28.8 Å². The van der Waals surface area contributed by atoms with Gasteiger partial charge in [0.15, 0.2) is 43.0 Å². The minimum Gasteiger partial charge on any atom is -0.507 e. The average molecular weight is 1090 g/mol. The van der Waals surface area contributed by atoms with Crippen LogP contribution in [0.15, 0.2) is 12.1 Å². The summed E-state index contributed by atoms with van der Waals surface area (Å²) >= 11 is 0. The van der Waals surface area contributed by atoms with E-state index >= 15 is 0 Å². The molecule has 0 radical (unpaired) electrons. The first-order valence-corrected chi connectivity index (χ1v) is 25.7. The van der Waals surface area contributed by atoms with Crippen LogP contribution >= 0.6 is 0 Å². The van der Waals surface area contributed by atoms with Gasteiger partial charge in [0.2, 0.25) is 6.29 Å². The topological polar surface area (TPSA) is 378 Å². The molecule has 0 bridgehead atoms. The molecule has 8 rings (SSSR count). The Balaban J connectivity index is 1.04. The van der Waals surface area contributed by atoms with Gasteiger partial charge in [-0.3, -0.25) is 9.59 Å². The number of aromatic hydroxyl groups is 2. The maximum absolute atomic E-state index is 15.0. The standard InChI is InChI=1S/C51H74O25/c1-17-27(71-32-13-28(41(57)20(4)68-32)72-31-12-26(53)40(56)19(3)67-31)11-24-9-23-10-25(47(66-8)46(62)39(55)18(2)52)48(45(61)37(23)44(60)36(24)38(17)54)75-34-15-30(43(59)50(64)76-34)73-33-14-29(42(58)21(5)69-33)74-35-16-51(7,65)49(63)22(6)70-35/h9,11,18-22,25-26,28-35,39-43,47-50,52-60,63-65H,10,12-16H2,1-8H3/t18?,19-,20-,21-,22-,25?,26?,28?,29?,30-,31?,32?,33?,34?,35?,39?,40-,41-,42-,43+,47?,48?,49-,50?,51?/m1/s1. The second-order valence-electron chi connectivity index (χ2n) is 21.4. The molecule has 5 heterocycles. The van der Waals surface area contributed by atoms with Gasteiger partial charge in [0.25, 0.3) is 0 Å². The molecule has 5 saturated heterocycles. The van der Waals surface area contributed by atoms with Crippen LogP contribution in [-0.4, -0.2) is 227 Å². The summed E-state index contributed by atoms with van der Waals surface area (Å²) < 4.78 is 65.5. The lowest BCUT2D eigenvalue weighted by molar-refractivity contribution is -0.351. The Kier molecular flexibility index (Phi) is 18.1. The average Bonchev–Trinajstić information content (AvgIpc) is 3.38. The molecule has 25 heteroatoms. The maximum atomic E-state index is 15.0. The summed E-state index contributed by atoms with van der Waals surface area (Å²) in [4.78, 5) is 28.8. The number of phenols is 2. The maximum Gasteiger partial charge on any atom is 0.202 e. The van der Waals surface area contributed by atoms with E-state index < -0.39 is 183 Å². The Bertz CT molecular complexity index is 2360. The van der Waals surface area contributed by atoms with Gasteiger partial charge in [-0.1, -0.05) is 0 Å². The monoisotopic (exact) mass is 1090 g/mol. The van der Waals surface area contributed by atoms with E-state index in [9.17, 15) is 70.9 Å². The summed E-state index contributed by atoms with van der Waals surface area (Å²) in [6.07, 6.45) is -30.0. The van der Waals surface area contributed by atoms with Crippen molar-refractivity contribution >= 4 is 22.3 Å². The summed E-state index contributed by atoms with van der Waals surface area (Å²) in [5, 5.41) is 131. The predicted molar refractivity (Wildman–Crippen MR) is 255 cm³/mol. The number of benzene rings is 2. The first-order chi connectivity index (χ1) is 35.7. The van der Waals surface area contributed by atoms with Crippen molar-refractivity contribution in [3.8, 4) is 17.2 Å². The Labute approximate surface area is 437 Å². The number of hydrogen-bond donors (Lipinski definition) is 12. The lowest BCUT2D eigenvalue weighted by Crippen LogP contribution is -2.58. The number of fused-ring (bicyclic) bond motifs is 2. The van der Waals surface area contributed by atoms with Crippen molar-refractivity contribution in [1.82, 2.24) is 0 Å². The third-order valence-corrected chi connectivity index (χ3v) is 15.6. The Morgan fingerprint density at radius 1 is 0.697 bits per heavy atom. The molecule has 2 aromatic carbocycles. The number of ether oxygens (including phenoxy) is 11. The van der Waals surface area contributed by atoms with Gasteiger partial charge in [-0.15, -0.1) is 0 Å². The molecular formula is C51H74O25. The van der Waals surface area contributed by atoms with Crippen molar-refractivity contribution < 1.29 is 123 Å². The largest absolute Gasteiger partial charge is 0.507 e. The second kappa shape index (κ2) is 23.4. The molecule has 0 amide bonds. The molecule has 0 saturated carbocycles. The zero-order chi connectivity index (χ0) is 55.6. The SMILES string of the molecule is COC(C(=O)C(O)C(C)O)C1Cc2cc3cc(OC4CC(OC5CC(O)[C@H](O)[C@@H](C)O5)[C@H](O)[C@@H](C)O4)c(C)c(O)c3c(O)c2C(=O)C1OC1C[C@@H](OC2CC(OC3CC(C)(O)[C@H](O)[C@@H](C)O3)[C@H](O)[C@@H](C)O2)[C@H](O)C(O)O1.